The summed E-state index contributed by atoms with van der Waals surface area (Å²) < 4.78 is 26.5. The Morgan fingerprint density at radius 3 is 2.52 bits per heavy atom. The van der Waals surface area contributed by atoms with Gasteiger partial charge in [0.25, 0.3) is 5.69 Å². The molecule has 1 aromatic rings. The zero-order valence-electron chi connectivity index (χ0n) is 13.5. The third-order valence-corrected chi connectivity index (χ3v) is 5.44. The number of hydrogen-bond acceptors (Lipinski definition) is 6. The van der Waals surface area contributed by atoms with Crippen molar-refractivity contribution in [3.8, 4) is 0 Å². The first-order chi connectivity index (χ1) is 11.3. The number of carbonyl (C=O) groups excluding carboxylic acids is 1. The number of carbonyl (C=O) groups is 1. The van der Waals surface area contributed by atoms with Crippen molar-refractivity contribution in [2.45, 2.75) is 17.7 Å². The Kier molecular flexibility index (Phi) is 7.74. The molecule has 25 heavy (non-hydrogen) atoms. The van der Waals surface area contributed by atoms with E-state index >= 15 is 0 Å². The molecule has 1 unspecified atom stereocenters. The van der Waals surface area contributed by atoms with Crippen LogP contribution in [0, 0.1) is 16.0 Å². The molecule has 0 bridgehead atoms. The number of nitro benzene ring substituents is 1. The fraction of sp³-hybridized carbons (Fsp3) is 0.500. The number of benzene rings is 1. The molecule has 3 N–H and O–H groups in total. The van der Waals surface area contributed by atoms with Gasteiger partial charge in [-0.25, -0.2) is 13.1 Å². The van der Waals surface area contributed by atoms with E-state index < -0.39 is 14.9 Å². The van der Waals surface area contributed by atoms with Gasteiger partial charge in [-0.1, -0.05) is 0 Å². The molecule has 1 aromatic carbocycles. The van der Waals surface area contributed by atoms with Gasteiger partial charge in [0.05, 0.1) is 9.82 Å². The number of hydrogen-bond donors (Lipinski definition) is 2. The summed E-state index contributed by atoms with van der Waals surface area (Å²) in [5.41, 5.74) is 5.39. The Balaban J connectivity index is 0.00000312. The largest absolute Gasteiger partial charge is 0.342 e. The summed E-state index contributed by atoms with van der Waals surface area (Å²) in [6.07, 6.45) is 0.931. The minimum Gasteiger partial charge on any atom is -0.342 e. The number of nitrogens with one attached hydrogen (secondary N) is 1. The van der Waals surface area contributed by atoms with E-state index in [1.54, 1.807) is 4.90 Å². The average molecular weight is 393 g/mol. The predicted molar refractivity (Wildman–Crippen MR) is 93.9 cm³/mol. The van der Waals surface area contributed by atoms with Gasteiger partial charge in [0.2, 0.25) is 15.9 Å². The van der Waals surface area contributed by atoms with Crippen LogP contribution < -0.4 is 10.5 Å². The molecule has 1 atom stereocenters. The fourth-order valence-electron chi connectivity index (χ4n) is 2.53. The van der Waals surface area contributed by atoms with E-state index in [4.69, 9.17) is 5.73 Å². The van der Waals surface area contributed by atoms with Gasteiger partial charge in [-0.2, -0.15) is 0 Å². The van der Waals surface area contributed by atoms with E-state index in [2.05, 4.69) is 4.72 Å². The zero-order valence-corrected chi connectivity index (χ0v) is 15.1. The number of non-ortho nitro benzene ring substituents is 1. The lowest BCUT2D eigenvalue weighted by molar-refractivity contribution is -0.384. The first-order valence-corrected chi connectivity index (χ1v) is 9.04. The molecule has 1 fully saturated rings. The van der Waals surface area contributed by atoms with Crippen LogP contribution in [0.2, 0.25) is 0 Å². The maximum Gasteiger partial charge on any atom is 0.269 e. The van der Waals surface area contributed by atoms with E-state index in [-0.39, 0.29) is 41.9 Å². The Bertz CT molecular complexity index is 710. The SMILES string of the molecule is Cl.NCC1CCN(C(=O)CCNS(=O)(=O)c2ccc([N+](=O)[O-])cc2)C1. The first kappa shape index (κ1) is 21.3. The van der Waals surface area contributed by atoms with Gasteiger partial charge in [-0.3, -0.25) is 14.9 Å². The van der Waals surface area contributed by atoms with Crippen LogP contribution in [0.25, 0.3) is 0 Å². The Morgan fingerprint density at radius 2 is 2.00 bits per heavy atom. The molecule has 11 heteroatoms. The van der Waals surface area contributed by atoms with Gasteiger partial charge >= 0.3 is 0 Å². The normalized spacial score (nSPS) is 17.2. The molecule has 0 spiro atoms. The quantitative estimate of drug-likeness (QED) is 0.512. The minimum absolute atomic E-state index is 0. The lowest BCUT2D eigenvalue weighted by atomic mass is 10.1. The maximum atomic E-state index is 12.1. The fourth-order valence-corrected chi connectivity index (χ4v) is 3.56. The van der Waals surface area contributed by atoms with E-state index in [1.807, 2.05) is 0 Å². The molecule has 1 aliphatic rings. The molecule has 140 valence electrons. The molecule has 0 aromatic heterocycles. The van der Waals surface area contributed by atoms with E-state index in [1.165, 1.54) is 0 Å². The highest BCUT2D eigenvalue weighted by molar-refractivity contribution is 7.89. The number of nitro groups is 1. The molecule has 1 saturated heterocycles. The van der Waals surface area contributed by atoms with Gasteiger partial charge in [-0.05, 0) is 31.0 Å². The van der Waals surface area contributed by atoms with Crippen molar-refractivity contribution in [1.82, 2.24) is 9.62 Å². The topological polar surface area (TPSA) is 136 Å². The van der Waals surface area contributed by atoms with Gasteiger partial charge in [0, 0.05) is 38.2 Å². The van der Waals surface area contributed by atoms with Crippen LogP contribution in [0.1, 0.15) is 12.8 Å². The van der Waals surface area contributed by atoms with Crippen molar-refractivity contribution in [3.63, 3.8) is 0 Å². The highest BCUT2D eigenvalue weighted by Gasteiger charge is 2.25. The van der Waals surface area contributed by atoms with Crippen LogP contribution in [0.4, 0.5) is 5.69 Å². The van der Waals surface area contributed by atoms with Gasteiger partial charge < -0.3 is 10.6 Å². The van der Waals surface area contributed by atoms with Crippen LogP contribution in [-0.4, -0.2) is 50.3 Å². The minimum atomic E-state index is -3.80. The summed E-state index contributed by atoms with van der Waals surface area (Å²) in [7, 11) is -3.80. The highest BCUT2D eigenvalue weighted by atomic mass is 35.5. The van der Waals surface area contributed by atoms with Crippen LogP contribution in [-0.2, 0) is 14.8 Å². The summed E-state index contributed by atoms with van der Waals surface area (Å²) in [6.45, 7) is 1.78. The van der Waals surface area contributed by atoms with Gasteiger partial charge in [-0.15, -0.1) is 12.4 Å². The maximum absolute atomic E-state index is 12.1. The summed E-state index contributed by atoms with van der Waals surface area (Å²) in [5, 5.41) is 10.6. The molecule has 1 heterocycles. The number of nitrogens with two attached hydrogens (primary N) is 1. The Labute approximate surface area is 152 Å². The number of nitrogens with zero attached hydrogens (tertiary/aromatic N) is 2. The lowest BCUT2D eigenvalue weighted by Gasteiger charge is -2.16. The van der Waals surface area contributed by atoms with E-state index in [0.29, 0.717) is 25.6 Å². The molecule has 0 aliphatic carbocycles. The highest BCUT2D eigenvalue weighted by Crippen LogP contribution is 2.17. The van der Waals surface area contributed by atoms with Crippen molar-refractivity contribution >= 4 is 34.0 Å². The molecular formula is C14H21ClN4O5S. The average Bonchev–Trinajstić information content (AvgIpc) is 3.04. The number of halogens is 1. The van der Waals surface area contributed by atoms with Crippen LogP contribution in [0.15, 0.2) is 29.2 Å². The molecule has 1 amide bonds. The monoisotopic (exact) mass is 392 g/mol. The summed E-state index contributed by atoms with van der Waals surface area (Å²) in [4.78, 5) is 23.6. The Hall–Kier alpha value is -1.75. The molecule has 2 rings (SSSR count). The van der Waals surface area contributed by atoms with Crippen molar-refractivity contribution in [3.05, 3.63) is 34.4 Å². The van der Waals surface area contributed by atoms with Crippen molar-refractivity contribution in [2.24, 2.45) is 11.7 Å². The number of sulfonamides is 1. The first-order valence-electron chi connectivity index (χ1n) is 7.55. The van der Waals surface area contributed by atoms with E-state index in [9.17, 15) is 23.3 Å². The van der Waals surface area contributed by atoms with Crippen molar-refractivity contribution < 1.29 is 18.1 Å². The van der Waals surface area contributed by atoms with E-state index in [0.717, 1.165) is 30.7 Å². The number of rotatable bonds is 7. The number of amides is 1. The lowest BCUT2D eigenvalue weighted by Crippen LogP contribution is -2.33. The van der Waals surface area contributed by atoms with Crippen LogP contribution in [0.3, 0.4) is 0 Å². The zero-order chi connectivity index (χ0) is 17.7. The molecule has 1 aliphatic heterocycles. The third-order valence-electron chi connectivity index (χ3n) is 3.96. The van der Waals surface area contributed by atoms with Crippen LogP contribution in [0.5, 0.6) is 0 Å². The molecular weight excluding hydrogens is 372 g/mol. The summed E-state index contributed by atoms with van der Waals surface area (Å²) in [6, 6.07) is 4.57. The van der Waals surface area contributed by atoms with Gasteiger partial charge in [0.15, 0.2) is 0 Å². The Morgan fingerprint density at radius 1 is 1.36 bits per heavy atom. The summed E-state index contributed by atoms with van der Waals surface area (Å²) in [5.74, 6) is 0.197. The van der Waals surface area contributed by atoms with Crippen LogP contribution >= 0.6 is 12.4 Å². The standard InChI is InChI=1S/C14H20N4O5S.ClH/c15-9-11-6-8-17(10-11)14(19)5-7-16-24(22,23)13-3-1-12(2-4-13)18(20)21;/h1-4,11,16H,5-10,15H2;1H. The second-order valence-corrected chi connectivity index (χ2v) is 7.40. The predicted octanol–water partition coefficient (Wildman–Crippen LogP) is 0.492. The smallest absolute Gasteiger partial charge is 0.269 e. The molecule has 0 saturated carbocycles. The molecule has 0 radical (unpaired) electrons. The van der Waals surface area contributed by atoms with Crippen molar-refractivity contribution in [1.29, 1.82) is 0 Å². The third kappa shape index (κ3) is 5.63. The summed E-state index contributed by atoms with van der Waals surface area (Å²) >= 11 is 0. The van der Waals surface area contributed by atoms with Gasteiger partial charge in [0.1, 0.15) is 0 Å². The molecule has 9 nitrogen and oxygen atoms in total. The van der Waals surface area contributed by atoms with Crippen molar-refractivity contribution in [2.75, 3.05) is 26.2 Å². The second kappa shape index (κ2) is 9.09. The second-order valence-electron chi connectivity index (χ2n) is 5.63. The number of likely N-dealkylation sites (tertiary alicyclic amines) is 1.